The predicted octanol–water partition coefficient (Wildman–Crippen LogP) is 2.77. The maximum absolute atomic E-state index is 12.9. The molecule has 3 rings (SSSR count). The van der Waals surface area contributed by atoms with Crippen LogP contribution in [0.2, 0.25) is 0 Å². The highest BCUT2D eigenvalue weighted by atomic mass is 32.2. The molecule has 1 aromatic carbocycles. The largest absolute Gasteiger partial charge is 0.573 e. The first-order valence-electron chi connectivity index (χ1n) is 7.72. The van der Waals surface area contributed by atoms with Gasteiger partial charge >= 0.3 is 6.36 Å². The van der Waals surface area contributed by atoms with Crippen LogP contribution < -0.4 is 4.74 Å². The molecule has 2 fully saturated rings. The summed E-state index contributed by atoms with van der Waals surface area (Å²) in [6.07, 6.45) is -2.76. The van der Waals surface area contributed by atoms with E-state index in [-0.39, 0.29) is 18.5 Å². The standard InChI is InChI=1S/C15H18F3NO4S/c16-15(17,18)23-13-3-1-2-4-14(13)24(20,21)19(12-5-6-12)9-11-7-8-22-10-11/h1-4,11-12H,5-10H2. The summed E-state index contributed by atoms with van der Waals surface area (Å²) in [5.74, 6) is -0.630. The molecular formula is C15H18F3NO4S. The van der Waals surface area contributed by atoms with Crippen molar-refractivity contribution >= 4 is 10.0 Å². The molecule has 1 aliphatic carbocycles. The van der Waals surface area contributed by atoms with Crippen molar-refractivity contribution in [1.82, 2.24) is 4.31 Å². The Balaban J connectivity index is 1.90. The van der Waals surface area contributed by atoms with Gasteiger partial charge in [0, 0.05) is 19.2 Å². The van der Waals surface area contributed by atoms with Gasteiger partial charge in [-0.15, -0.1) is 13.2 Å². The van der Waals surface area contributed by atoms with Gasteiger partial charge in [0.25, 0.3) is 0 Å². The number of nitrogens with zero attached hydrogens (tertiary/aromatic N) is 1. The zero-order chi connectivity index (χ0) is 17.4. The van der Waals surface area contributed by atoms with Gasteiger partial charge in [-0.1, -0.05) is 12.1 Å². The lowest BCUT2D eigenvalue weighted by Crippen LogP contribution is -2.37. The first kappa shape index (κ1) is 17.5. The van der Waals surface area contributed by atoms with Crippen LogP contribution in [0, 0.1) is 5.92 Å². The second-order valence-electron chi connectivity index (χ2n) is 6.03. The van der Waals surface area contributed by atoms with Crippen LogP contribution in [0.4, 0.5) is 13.2 Å². The molecule has 1 atom stereocenters. The summed E-state index contributed by atoms with van der Waals surface area (Å²) < 4.78 is 74.1. The molecule has 0 N–H and O–H groups in total. The van der Waals surface area contributed by atoms with E-state index in [1.807, 2.05) is 0 Å². The first-order valence-corrected chi connectivity index (χ1v) is 9.16. The van der Waals surface area contributed by atoms with Crippen LogP contribution in [0.3, 0.4) is 0 Å². The number of ether oxygens (including phenoxy) is 2. The van der Waals surface area contributed by atoms with E-state index in [1.165, 1.54) is 16.4 Å². The number of rotatable bonds is 6. The van der Waals surface area contributed by atoms with E-state index in [1.54, 1.807) is 0 Å². The highest BCUT2D eigenvalue weighted by Gasteiger charge is 2.42. The molecule has 2 aliphatic rings. The normalized spacial score (nSPS) is 22.1. The van der Waals surface area contributed by atoms with E-state index in [4.69, 9.17) is 4.74 Å². The number of hydrogen-bond donors (Lipinski definition) is 0. The van der Waals surface area contributed by atoms with Crippen LogP contribution in [0.15, 0.2) is 29.2 Å². The van der Waals surface area contributed by atoms with Crippen molar-refractivity contribution in [3.8, 4) is 5.75 Å². The van der Waals surface area contributed by atoms with Crippen LogP contribution in [0.25, 0.3) is 0 Å². The summed E-state index contributed by atoms with van der Waals surface area (Å²) in [5, 5.41) is 0. The molecule has 0 spiro atoms. The molecular weight excluding hydrogens is 347 g/mol. The zero-order valence-corrected chi connectivity index (χ0v) is 13.6. The molecule has 1 saturated heterocycles. The van der Waals surface area contributed by atoms with E-state index in [2.05, 4.69) is 4.74 Å². The third-order valence-corrected chi connectivity index (χ3v) is 6.04. The molecule has 1 unspecified atom stereocenters. The number of para-hydroxylation sites is 1. The second kappa shape index (κ2) is 6.53. The summed E-state index contributed by atoms with van der Waals surface area (Å²) in [6.45, 7) is 1.31. The molecule has 9 heteroatoms. The first-order chi connectivity index (χ1) is 11.3. The molecule has 0 amide bonds. The third kappa shape index (κ3) is 4.01. The van der Waals surface area contributed by atoms with Gasteiger partial charge in [0.15, 0.2) is 0 Å². The second-order valence-corrected chi connectivity index (χ2v) is 7.89. The van der Waals surface area contributed by atoms with Crippen molar-refractivity contribution in [2.75, 3.05) is 19.8 Å². The topological polar surface area (TPSA) is 55.8 Å². The molecule has 1 aliphatic heterocycles. The Hall–Kier alpha value is -1.32. The van der Waals surface area contributed by atoms with E-state index in [0.717, 1.165) is 31.4 Å². The van der Waals surface area contributed by atoms with E-state index in [0.29, 0.717) is 13.2 Å². The monoisotopic (exact) mass is 365 g/mol. The molecule has 0 radical (unpaired) electrons. The van der Waals surface area contributed by atoms with Crippen molar-refractivity contribution in [3.63, 3.8) is 0 Å². The lowest BCUT2D eigenvalue weighted by atomic mass is 10.1. The Kier molecular flexibility index (Phi) is 4.76. The molecule has 1 heterocycles. The number of alkyl halides is 3. The fourth-order valence-electron chi connectivity index (χ4n) is 2.79. The third-order valence-electron chi connectivity index (χ3n) is 4.08. The molecule has 0 aromatic heterocycles. The van der Waals surface area contributed by atoms with Gasteiger partial charge in [0.05, 0.1) is 6.61 Å². The summed E-state index contributed by atoms with van der Waals surface area (Å²) in [6, 6.07) is 4.71. The lowest BCUT2D eigenvalue weighted by molar-refractivity contribution is -0.275. The Morgan fingerprint density at radius 3 is 2.50 bits per heavy atom. The van der Waals surface area contributed by atoms with Crippen molar-refractivity contribution < 1.29 is 31.1 Å². The summed E-state index contributed by atoms with van der Waals surface area (Å²) in [7, 11) is -4.08. The van der Waals surface area contributed by atoms with Crippen LogP contribution in [-0.4, -0.2) is 44.9 Å². The van der Waals surface area contributed by atoms with Crippen molar-refractivity contribution in [3.05, 3.63) is 24.3 Å². The van der Waals surface area contributed by atoms with Crippen molar-refractivity contribution in [2.45, 2.75) is 36.6 Å². The molecule has 5 nitrogen and oxygen atoms in total. The number of halogens is 3. The van der Waals surface area contributed by atoms with Gasteiger partial charge in [-0.2, -0.15) is 4.31 Å². The van der Waals surface area contributed by atoms with Crippen molar-refractivity contribution in [2.24, 2.45) is 5.92 Å². The minimum Gasteiger partial charge on any atom is -0.404 e. The molecule has 134 valence electrons. The smallest absolute Gasteiger partial charge is 0.404 e. The molecule has 24 heavy (non-hydrogen) atoms. The Labute approximate surface area is 138 Å². The van der Waals surface area contributed by atoms with E-state index >= 15 is 0 Å². The fourth-order valence-corrected chi connectivity index (χ4v) is 4.66. The van der Waals surface area contributed by atoms with Crippen molar-refractivity contribution in [1.29, 1.82) is 0 Å². The lowest BCUT2D eigenvalue weighted by Gasteiger charge is -2.25. The van der Waals surface area contributed by atoms with Crippen LogP contribution in [0.5, 0.6) is 5.75 Å². The average Bonchev–Trinajstić information content (AvgIpc) is 3.19. The van der Waals surface area contributed by atoms with Crippen LogP contribution >= 0.6 is 0 Å². The number of sulfonamides is 1. The van der Waals surface area contributed by atoms with Gasteiger partial charge in [0.1, 0.15) is 10.6 Å². The SMILES string of the molecule is O=S(=O)(c1ccccc1OC(F)(F)F)N(CC1CCOC1)C1CC1. The van der Waals surface area contributed by atoms with Crippen LogP contribution in [-0.2, 0) is 14.8 Å². The summed E-state index contributed by atoms with van der Waals surface area (Å²) in [5.41, 5.74) is 0. The van der Waals surface area contributed by atoms with E-state index in [9.17, 15) is 21.6 Å². The highest BCUT2D eigenvalue weighted by molar-refractivity contribution is 7.89. The fraction of sp³-hybridized carbons (Fsp3) is 0.600. The highest BCUT2D eigenvalue weighted by Crippen LogP contribution is 2.37. The molecule has 1 aromatic rings. The van der Waals surface area contributed by atoms with Crippen LogP contribution in [0.1, 0.15) is 19.3 Å². The van der Waals surface area contributed by atoms with E-state index < -0.39 is 27.0 Å². The van der Waals surface area contributed by atoms with Gasteiger partial charge in [-0.05, 0) is 37.3 Å². The maximum Gasteiger partial charge on any atom is 0.573 e. The average molecular weight is 365 g/mol. The van der Waals surface area contributed by atoms with Gasteiger partial charge < -0.3 is 9.47 Å². The molecule has 1 saturated carbocycles. The van der Waals surface area contributed by atoms with Gasteiger partial charge in [0.2, 0.25) is 10.0 Å². The quantitative estimate of drug-likeness (QED) is 0.778. The Bertz CT molecular complexity index is 682. The minimum absolute atomic E-state index is 0.0658. The Morgan fingerprint density at radius 2 is 1.92 bits per heavy atom. The molecule has 0 bridgehead atoms. The summed E-state index contributed by atoms with van der Waals surface area (Å²) >= 11 is 0. The predicted molar refractivity (Wildman–Crippen MR) is 79.0 cm³/mol. The Morgan fingerprint density at radius 1 is 1.21 bits per heavy atom. The minimum atomic E-state index is -4.95. The number of benzene rings is 1. The maximum atomic E-state index is 12.9. The summed E-state index contributed by atoms with van der Waals surface area (Å²) in [4.78, 5) is -0.451. The zero-order valence-electron chi connectivity index (χ0n) is 12.8. The van der Waals surface area contributed by atoms with Gasteiger partial charge in [-0.25, -0.2) is 8.42 Å². The van der Waals surface area contributed by atoms with Gasteiger partial charge in [-0.3, -0.25) is 0 Å². The number of hydrogen-bond acceptors (Lipinski definition) is 4.